The number of hydrogen-bond acceptors (Lipinski definition) is 6. The molecule has 0 bridgehead atoms. The Balaban J connectivity index is 1.86. The standard InChI is InChI=1S/C15H21N5O4S/c1-10(2)15-17-13(7-19(15)3)25(22,23)18-11-8-24-9-12(11)20-14(21)5-4-6-16-20/h4-7,10-12,18H,8-9H2,1-3H3. The number of sulfonamides is 1. The maximum Gasteiger partial charge on any atom is 0.267 e. The summed E-state index contributed by atoms with van der Waals surface area (Å²) in [7, 11) is -2.08. The summed E-state index contributed by atoms with van der Waals surface area (Å²) in [4.78, 5) is 16.2. The minimum absolute atomic E-state index is 0.0438. The molecule has 0 spiro atoms. The highest BCUT2D eigenvalue weighted by Gasteiger charge is 2.35. The second-order valence-electron chi connectivity index (χ2n) is 6.34. The van der Waals surface area contributed by atoms with Crippen molar-refractivity contribution in [1.29, 1.82) is 0 Å². The van der Waals surface area contributed by atoms with E-state index in [0.717, 1.165) is 0 Å². The lowest BCUT2D eigenvalue weighted by Crippen LogP contribution is -2.43. The molecular weight excluding hydrogens is 346 g/mol. The van der Waals surface area contributed by atoms with Gasteiger partial charge < -0.3 is 9.30 Å². The van der Waals surface area contributed by atoms with E-state index in [2.05, 4.69) is 14.8 Å². The number of hydrogen-bond donors (Lipinski definition) is 1. The Bertz CT molecular complexity index is 918. The van der Waals surface area contributed by atoms with Crippen molar-refractivity contribution in [3.05, 3.63) is 40.7 Å². The van der Waals surface area contributed by atoms with Crippen LogP contribution < -0.4 is 10.3 Å². The summed E-state index contributed by atoms with van der Waals surface area (Å²) in [5.41, 5.74) is -0.304. The van der Waals surface area contributed by atoms with E-state index in [-0.39, 0.29) is 29.7 Å². The Morgan fingerprint density at radius 1 is 1.36 bits per heavy atom. The smallest absolute Gasteiger partial charge is 0.267 e. The van der Waals surface area contributed by atoms with E-state index < -0.39 is 22.1 Å². The van der Waals surface area contributed by atoms with Gasteiger partial charge >= 0.3 is 0 Å². The second kappa shape index (κ2) is 6.70. The van der Waals surface area contributed by atoms with E-state index in [9.17, 15) is 13.2 Å². The summed E-state index contributed by atoms with van der Waals surface area (Å²) in [6.07, 6.45) is 2.97. The lowest BCUT2D eigenvalue weighted by Gasteiger charge is -2.19. The first kappa shape index (κ1) is 17.8. The highest BCUT2D eigenvalue weighted by molar-refractivity contribution is 7.89. The van der Waals surface area contributed by atoms with Gasteiger partial charge in [-0.05, 0) is 6.07 Å². The summed E-state index contributed by atoms with van der Waals surface area (Å²) < 4.78 is 36.3. The summed E-state index contributed by atoms with van der Waals surface area (Å²) >= 11 is 0. The topological polar surface area (TPSA) is 108 Å². The SMILES string of the molecule is CC(C)c1nc(S(=O)(=O)NC2COCC2n2ncccc2=O)cn1C. The fourth-order valence-corrected chi connectivity index (χ4v) is 4.15. The summed E-state index contributed by atoms with van der Waals surface area (Å²) in [6.45, 7) is 4.27. The fourth-order valence-electron chi connectivity index (χ4n) is 2.89. The van der Waals surface area contributed by atoms with E-state index in [1.54, 1.807) is 11.6 Å². The molecule has 0 saturated carbocycles. The normalized spacial score (nSPS) is 21.1. The molecule has 136 valence electrons. The van der Waals surface area contributed by atoms with Crippen LogP contribution in [0.15, 0.2) is 34.3 Å². The molecule has 0 radical (unpaired) electrons. The molecule has 3 rings (SSSR count). The predicted octanol–water partition coefficient (Wildman–Crippen LogP) is 0.0186. The third kappa shape index (κ3) is 3.51. The van der Waals surface area contributed by atoms with Crippen LogP contribution in [0.25, 0.3) is 0 Å². The molecule has 10 heteroatoms. The first-order valence-corrected chi connectivity index (χ1v) is 9.45. The van der Waals surface area contributed by atoms with Crippen molar-refractivity contribution < 1.29 is 13.2 Å². The zero-order valence-corrected chi connectivity index (χ0v) is 15.1. The third-order valence-electron chi connectivity index (χ3n) is 4.09. The molecule has 2 aromatic heterocycles. The van der Waals surface area contributed by atoms with Gasteiger partial charge in [0.25, 0.3) is 15.6 Å². The lowest BCUT2D eigenvalue weighted by molar-refractivity contribution is 0.181. The van der Waals surface area contributed by atoms with Gasteiger partial charge in [0.05, 0.1) is 25.3 Å². The zero-order chi connectivity index (χ0) is 18.2. The van der Waals surface area contributed by atoms with Crippen LogP contribution in [0.1, 0.15) is 31.6 Å². The maximum atomic E-state index is 12.7. The van der Waals surface area contributed by atoms with Crippen molar-refractivity contribution in [2.75, 3.05) is 13.2 Å². The molecule has 1 N–H and O–H groups in total. The number of nitrogens with one attached hydrogen (secondary N) is 1. The van der Waals surface area contributed by atoms with Crippen LogP contribution in [-0.4, -0.2) is 47.0 Å². The highest BCUT2D eigenvalue weighted by Crippen LogP contribution is 2.21. The Morgan fingerprint density at radius 2 is 2.12 bits per heavy atom. The van der Waals surface area contributed by atoms with Gasteiger partial charge in [0.2, 0.25) is 0 Å². The van der Waals surface area contributed by atoms with Crippen LogP contribution in [0, 0.1) is 0 Å². The fraction of sp³-hybridized carbons (Fsp3) is 0.533. The molecule has 2 unspecified atom stereocenters. The molecule has 2 atom stereocenters. The Labute approximate surface area is 145 Å². The van der Waals surface area contributed by atoms with E-state index in [0.29, 0.717) is 5.82 Å². The van der Waals surface area contributed by atoms with Crippen molar-refractivity contribution >= 4 is 10.0 Å². The van der Waals surface area contributed by atoms with Crippen molar-refractivity contribution in [2.45, 2.75) is 36.9 Å². The molecule has 25 heavy (non-hydrogen) atoms. The Hall–Kier alpha value is -2.04. The molecule has 2 aromatic rings. The first-order chi connectivity index (χ1) is 11.8. The van der Waals surface area contributed by atoms with Gasteiger partial charge in [-0.2, -0.15) is 5.10 Å². The van der Waals surface area contributed by atoms with Crippen molar-refractivity contribution in [3.63, 3.8) is 0 Å². The van der Waals surface area contributed by atoms with E-state index in [1.165, 1.54) is 29.2 Å². The van der Waals surface area contributed by atoms with Gasteiger partial charge in [-0.3, -0.25) is 4.79 Å². The molecular formula is C15H21N5O4S. The van der Waals surface area contributed by atoms with Crippen molar-refractivity contribution in [2.24, 2.45) is 7.05 Å². The van der Waals surface area contributed by atoms with Crippen LogP contribution in [0.2, 0.25) is 0 Å². The second-order valence-corrected chi connectivity index (χ2v) is 8.00. The van der Waals surface area contributed by atoms with Gasteiger partial charge in [0, 0.05) is 31.4 Å². The van der Waals surface area contributed by atoms with E-state index in [1.807, 2.05) is 13.8 Å². The molecule has 0 amide bonds. The van der Waals surface area contributed by atoms with E-state index in [4.69, 9.17) is 4.74 Å². The summed E-state index contributed by atoms with van der Waals surface area (Å²) in [6, 6.07) is 1.82. The Morgan fingerprint density at radius 3 is 2.76 bits per heavy atom. The average Bonchev–Trinajstić information content (AvgIpc) is 3.14. The number of rotatable bonds is 5. The number of nitrogens with zero attached hydrogens (tertiary/aromatic N) is 4. The number of imidazole rings is 1. The highest BCUT2D eigenvalue weighted by atomic mass is 32.2. The number of ether oxygens (including phenoxy) is 1. The zero-order valence-electron chi connectivity index (χ0n) is 14.3. The minimum atomic E-state index is -3.84. The average molecular weight is 367 g/mol. The molecule has 0 aromatic carbocycles. The minimum Gasteiger partial charge on any atom is -0.377 e. The molecule has 1 aliphatic rings. The largest absolute Gasteiger partial charge is 0.377 e. The quantitative estimate of drug-likeness (QED) is 0.798. The predicted molar refractivity (Wildman–Crippen MR) is 89.8 cm³/mol. The molecule has 3 heterocycles. The number of aryl methyl sites for hydroxylation is 1. The molecule has 0 aliphatic carbocycles. The van der Waals surface area contributed by atoms with E-state index >= 15 is 0 Å². The monoisotopic (exact) mass is 367 g/mol. The van der Waals surface area contributed by atoms with Gasteiger partial charge in [-0.15, -0.1) is 0 Å². The molecule has 1 aliphatic heterocycles. The van der Waals surface area contributed by atoms with Gasteiger partial charge in [0.15, 0.2) is 5.03 Å². The van der Waals surface area contributed by atoms with Crippen LogP contribution in [0.5, 0.6) is 0 Å². The van der Waals surface area contributed by atoms with Crippen LogP contribution in [0.3, 0.4) is 0 Å². The lowest BCUT2D eigenvalue weighted by atomic mass is 10.2. The first-order valence-electron chi connectivity index (χ1n) is 7.97. The molecule has 1 saturated heterocycles. The Kier molecular flexibility index (Phi) is 4.76. The van der Waals surface area contributed by atoms with Crippen LogP contribution in [-0.2, 0) is 21.8 Å². The van der Waals surface area contributed by atoms with Crippen LogP contribution in [0.4, 0.5) is 0 Å². The molecule has 9 nitrogen and oxygen atoms in total. The summed E-state index contributed by atoms with van der Waals surface area (Å²) in [5, 5.41) is 3.98. The van der Waals surface area contributed by atoms with Crippen LogP contribution >= 0.6 is 0 Å². The maximum absolute atomic E-state index is 12.7. The van der Waals surface area contributed by atoms with Crippen molar-refractivity contribution in [3.8, 4) is 0 Å². The van der Waals surface area contributed by atoms with Crippen molar-refractivity contribution in [1.82, 2.24) is 24.1 Å². The summed E-state index contributed by atoms with van der Waals surface area (Å²) in [5.74, 6) is 0.782. The number of aromatic nitrogens is 4. The molecule has 1 fully saturated rings. The van der Waals surface area contributed by atoms with Gasteiger partial charge in [-0.1, -0.05) is 13.8 Å². The van der Waals surface area contributed by atoms with Gasteiger partial charge in [-0.25, -0.2) is 22.8 Å². The van der Waals surface area contributed by atoms with Gasteiger partial charge in [0.1, 0.15) is 5.82 Å². The third-order valence-corrected chi connectivity index (χ3v) is 5.46.